The summed E-state index contributed by atoms with van der Waals surface area (Å²) in [4.78, 5) is 4.07. The molecule has 94 valence electrons. The molecule has 0 radical (unpaired) electrons. The Bertz CT molecular complexity index is 615. The Morgan fingerprint density at radius 2 is 1.89 bits per heavy atom. The summed E-state index contributed by atoms with van der Waals surface area (Å²) < 4.78 is 1.85. The van der Waals surface area contributed by atoms with Crippen LogP contribution in [0.1, 0.15) is 5.56 Å². The van der Waals surface area contributed by atoms with Crippen LogP contribution in [0.2, 0.25) is 0 Å². The molecule has 0 saturated heterocycles. The molecule has 0 bridgehead atoms. The standard InChI is InChI=1S/C15H14N4/c1-3-14(12-16-8-1)17-11-13-4-6-15(7-5-13)19-10-2-9-18-19/h1-10,12,17H,11H2. The zero-order chi connectivity index (χ0) is 12.9. The van der Waals surface area contributed by atoms with E-state index in [2.05, 4.69) is 39.7 Å². The summed E-state index contributed by atoms with van der Waals surface area (Å²) in [6.07, 6.45) is 7.29. The molecule has 4 heteroatoms. The number of rotatable bonds is 4. The maximum atomic E-state index is 4.20. The quantitative estimate of drug-likeness (QED) is 0.774. The Morgan fingerprint density at radius 3 is 2.58 bits per heavy atom. The molecular formula is C15H14N4. The van der Waals surface area contributed by atoms with Crippen molar-refractivity contribution in [3.05, 3.63) is 72.8 Å². The molecule has 19 heavy (non-hydrogen) atoms. The number of hydrogen-bond acceptors (Lipinski definition) is 3. The Morgan fingerprint density at radius 1 is 1.00 bits per heavy atom. The van der Waals surface area contributed by atoms with Gasteiger partial charge in [-0.1, -0.05) is 12.1 Å². The Hall–Kier alpha value is -2.62. The van der Waals surface area contributed by atoms with Gasteiger partial charge in [0.25, 0.3) is 0 Å². The number of anilines is 1. The molecule has 2 heterocycles. The van der Waals surface area contributed by atoms with E-state index < -0.39 is 0 Å². The maximum Gasteiger partial charge on any atom is 0.0645 e. The Labute approximate surface area is 111 Å². The second-order valence-electron chi connectivity index (χ2n) is 4.21. The number of nitrogens with one attached hydrogen (secondary N) is 1. The summed E-state index contributed by atoms with van der Waals surface area (Å²) in [6, 6.07) is 14.2. The van der Waals surface area contributed by atoms with Gasteiger partial charge in [0.15, 0.2) is 0 Å². The molecule has 0 fully saturated rings. The minimum atomic E-state index is 0.783. The number of pyridine rings is 1. The molecule has 3 rings (SSSR count). The molecular weight excluding hydrogens is 236 g/mol. The van der Waals surface area contributed by atoms with Gasteiger partial charge in [-0.15, -0.1) is 0 Å². The molecule has 0 saturated carbocycles. The molecule has 1 N–H and O–H groups in total. The maximum absolute atomic E-state index is 4.20. The van der Waals surface area contributed by atoms with Gasteiger partial charge in [-0.25, -0.2) is 4.68 Å². The Balaban J connectivity index is 1.67. The van der Waals surface area contributed by atoms with Crippen molar-refractivity contribution < 1.29 is 0 Å². The van der Waals surface area contributed by atoms with E-state index in [-0.39, 0.29) is 0 Å². The van der Waals surface area contributed by atoms with Crippen molar-refractivity contribution in [3.63, 3.8) is 0 Å². The monoisotopic (exact) mass is 250 g/mol. The zero-order valence-corrected chi connectivity index (χ0v) is 10.4. The van der Waals surface area contributed by atoms with Crippen LogP contribution < -0.4 is 5.32 Å². The zero-order valence-electron chi connectivity index (χ0n) is 10.4. The molecule has 0 aliphatic heterocycles. The van der Waals surface area contributed by atoms with Gasteiger partial charge in [0, 0.05) is 31.3 Å². The lowest BCUT2D eigenvalue weighted by Crippen LogP contribution is -2.00. The van der Waals surface area contributed by atoms with Gasteiger partial charge in [0.05, 0.1) is 11.4 Å². The van der Waals surface area contributed by atoms with Crippen LogP contribution in [-0.4, -0.2) is 14.8 Å². The fourth-order valence-electron chi connectivity index (χ4n) is 1.86. The highest BCUT2D eigenvalue weighted by atomic mass is 15.3. The summed E-state index contributed by atoms with van der Waals surface area (Å²) >= 11 is 0. The van der Waals surface area contributed by atoms with E-state index in [1.165, 1.54) is 5.56 Å². The third kappa shape index (κ3) is 2.80. The first-order chi connectivity index (χ1) is 9.42. The predicted octanol–water partition coefficient (Wildman–Crippen LogP) is 2.88. The van der Waals surface area contributed by atoms with E-state index in [1.54, 1.807) is 12.4 Å². The van der Waals surface area contributed by atoms with E-state index in [4.69, 9.17) is 0 Å². The highest BCUT2D eigenvalue weighted by Gasteiger charge is 1.97. The van der Waals surface area contributed by atoms with Gasteiger partial charge in [0.2, 0.25) is 0 Å². The highest BCUT2D eigenvalue weighted by molar-refractivity contribution is 5.41. The average molecular weight is 250 g/mol. The van der Waals surface area contributed by atoms with Crippen LogP contribution in [-0.2, 0) is 6.54 Å². The second-order valence-corrected chi connectivity index (χ2v) is 4.21. The molecule has 0 spiro atoms. The van der Waals surface area contributed by atoms with Crippen LogP contribution in [0.4, 0.5) is 5.69 Å². The van der Waals surface area contributed by atoms with E-state index in [1.807, 2.05) is 35.3 Å². The van der Waals surface area contributed by atoms with Gasteiger partial charge >= 0.3 is 0 Å². The smallest absolute Gasteiger partial charge is 0.0645 e. The molecule has 4 nitrogen and oxygen atoms in total. The van der Waals surface area contributed by atoms with Gasteiger partial charge in [0.1, 0.15) is 0 Å². The minimum absolute atomic E-state index is 0.783. The summed E-state index contributed by atoms with van der Waals surface area (Å²) in [5.74, 6) is 0. The summed E-state index contributed by atoms with van der Waals surface area (Å²) in [6.45, 7) is 0.783. The first-order valence-electron chi connectivity index (χ1n) is 6.15. The highest BCUT2D eigenvalue weighted by Crippen LogP contribution is 2.11. The summed E-state index contributed by atoms with van der Waals surface area (Å²) in [7, 11) is 0. The van der Waals surface area contributed by atoms with E-state index in [9.17, 15) is 0 Å². The third-order valence-corrected chi connectivity index (χ3v) is 2.86. The van der Waals surface area contributed by atoms with E-state index in [0.29, 0.717) is 0 Å². The van der Waals surface area contributed by atoms with Gasteiger partial charge < -0.3 is 5.32 Å². The number of benzene rings is 1. The van der Waals surface area contributed by atoms with E-state index >= 15 is 0 Å². The first-order valence-corrected chi connectivity index (χ1v) is 6.15. The van der Waals surface area contributed by atoms with Crippen LogP contribution in [0.5, 0.6) is 0 Å². The minimum Gasteiger partial charge on any atom is -0.380 e. The van der Waals surface area contributed by atoms with Crippen molar-refractivity contribution in [3.8, 4) is 5.69 Å². The lowest BCUT2D eigenvalue weighted by molar-refractivity contribution is 0.879. The average Bonchev–Trinajstić information content (AvgIpc) is 3.01. The number of aromatic nitrogens is 3. The van der Waals surface area contributed by atoms with Gasteiger partial charge in [-0.3, -0.25) is 4.98 Å². The van der Waals surface area contributed by atoms with Crippen LogP contribution in [0.15, 0.2) is 67.3 Å². The third-order valence-electron chi connectivity index (χ3n) is 2.86. The largest absolute Gasteiger partial charge is 0.380 e. The van der Waals surface area contributed by atoms with Crippen LogP contribution in [0.25, 0.3) is 5.69 Å². The second kappa shape index (κ2) is 5.35. The van der Waals surface area contributed by atoms with Gasteiger partial charge in [-0.2, -0.15) is 5.10 Å². The van der Waals surface area contributed by atoms with Crippen LogP contribution >= 0.6 is 0 Å². The fraction of sp³-hybridized carbons (Fsp3) is 0.0667. The first kappa shape index (κ1) is 11.5. The Kier molecular flexibility index (Phi) is 3.23. The van der Waals surface area contributed by atoms with Crippen LogP contribution in [0.3, 0.4) is 0 Å². The molecule has 0 unspecified atom stereocenters. The summed E-state index contributed by atoms with van der Waals surface area (Å²) in [5.41, 5.74) is 3.31. The van der Waals surface area contributed by atoms with E-state index in [0.717, 1.165) is 17.9 Å². The molecule has 3 aromatic rings. The van der Waals surface area contributed by atoms with Crippen molar-refractivity contribution in [2.24, 2.45) is 0 Å². The molecule has 2 aromatic heterocycles. The molecule has 0 atom stereocenters. The fourth-order valence-corrected chi connectivity index (χ4v) is 1.86. The predicted molar refractivity (Wildman–Crippen MR) is 75.1 cm³/mol. The van der Waals surface area contributed by atoms with Crippen molar-refractivity contribution in [1.29, 1.82) is 0 Å². The SMILES string of the molecule is c1cncc(NCc2ccc(-n3cccn3)cc2)c1. The molecule has 1 aromatic carbocycles. The lowest BCUT2D eigenvalue weighted by atomic mass is 10.2. The molecule has 0 aliphatic carbocycles. The van der Waals surface area contributed by atoms with Crippen molar-refractivity contribution in [2.45, 2.75) is 6.54 Å². The number of hydrogen-bond donors (Lipinski definition) is 1. The lowest BCUT2D eigenvalue weighted by Gasteiger charge is -2.07. The van der Waals surface area contributed by atoms with Gasteiger partial charge in [-0.05, 0) is 35.9 Å². The van der Waals surface area contributed by atoms with Crippen molar-refractivity contribution in [2.75, 3.05) is 5.32 Å². The van der Waals surface area contributed by atoms with Crippen LogP contribution in [0, 0.1) is 0 Å². The van der Waals surface area contributed by atoms with Crippen molar-refractivity contribution in [1.82, 2.24) is 14.8 Å². The molecule has 0 aliphatic rings. The summed E-state index contributed by atoms with van der Waals surface area (Å²) in [5, 5.41) is 7.53. The number of nitrogens with zero attached hydrogens (tertiary/aromatic N) is 3. The topological polar surface area (TPSA) is 42.7 Å². The molecule has 0 amide bonds. The normalized spacial score (nSPS) is 10.3. The van der Waals surface area contributed by atoms with Crippen molar-refractivity contribution >= 4 is 5.69 Å².